The molecule has 27 heavy (non-hydrogen) atoms. The molecule has 3 aromatic rings. The molecule has 3 rings (SSSR count). The number of carbonyl (C=O) groups excluding carboxylic acids is 1. The van der Waals surface area contributed by atoms with Crippen LogP contribution in [-0.4, -0.2) is 32.8 Å². The molecule has 0 bridgehead atoms. The Hall–Kier alpha value is -3.09. The summed E-state index contributed by atoms with van der Waals surface area (Å²) in [4.78, 5) is 15.5. The smallest absolute Gasteiger partial charge is 0.276 e. The Morgan fingerprint density at radius 2 is 1.81 bits per heavy atom. The first-order valence-corrected chi connectivity index (χ1v) is 8.47. The third kappa shape index (κ3) is 3.86. The van der Waals surface area contributed by atoms with Gasteiger partial charge in [-0.15, -0.1) is 5.10 Å². The zero-order chi connectivity index (χ0) is 19.7. The number of amides is 1. The molecular weight excluding hydrogens is 350 g/mol. The van der Waals surface area contributed by atoms with Crippen molar-refractivity contribution < 1.29 is 13.6 Å². The van der Waals surface area contributed by atoms with Gasteiger partial charge in [0.1, 0.15) is 11.6 Å². The number of carbonyl (C=O) groups is 1. The van der Waals surface area contributed by atoms with Gasteiger partial charge in [-0.2, -0.15) is 9.90 Å². The monoisotopic (exact) mass is 370 g/mol. The van der Waals surface area contributed by atoms with E-state index in [4.69, 9.17) is 0 Å². The van der Waals surface area contributed by atoms with Crippen molar-refractivity contribution in [1.29, 1.82) is 0 Å². The van der Waals surface area contributed by atoms with Crippen molar-refractivity contribution in [3.8, 4) is 5.69 Å². The maximum absolute atomic E-state index is 13.8. The molecule has 2 aromatic carbocycles. The van der Waals surface area contributed by atoms with Gasteiger partial charge in [-0.1, -0.05) is 23.8 Å². The molecule has 0 aliphatic heterocycles. The summed E-state index contributed by atoms with van der Waals surface area (Å²) >= 11 is 0. The molecule has 0 saturated carbocycles. The highest BCUT2D eigenvalue weighted by atomic mass is 19.1. The van der Waals surface area contributed by atoms with Crippen molar-refractivity contribution in [2.75, 3.05) is 7.05 Å². The van der Waals surface area contributed by atoms with Crippen LogP contribution in [0.3, 0.4) is 0 Å². The molecule has 140 valence electrons. The van der Waals surface area contributed by atoms with E-state index in [1.807, 2.05) is 32.0 Å². The van der Waals surface area contributed by atoms with Crippen molar-refractivity contribution in [3.05, 3.63) is 76.1 Å². The van der Waals surface area contributed by atoms with Gasteiger partial charge in [0.2, 0.25) is 0 Å². The van der Waals surface area contributed by atoms with Gasteiger partial charge >= 0.3 is 0 Å². The number of nitrogens with zero attached hydrogens (tertiary/aromatic N) is 4. The van der Waals surface area contributed by atoms with Crippen LogP contribution in [0.15, 0.2) is 36.4 Å². The maximum Gasteiger partial charge on any atom is 0.276 e. The lowest BCUT2D eigenvalue weighted by Gasteiger charge is -2.16. The molecule has 0 atom stereocenters. The third-order valence-electron chi connectivity index (χ3n) is 4.32. The van der Waals surface area contributed by atoms with Gasteiger partial charge in [0.25, 0.3) is 5.91 Å². The lowest BCUT2D eigenvalue weighted by molar-refractivity contribution is 0.0777. The van der Waals surface area contributed by atoms with E-state index in [1.54, 1.807) is 14.0 Å². The van der Waals surface area contributed by atoms with E-state index in [9.17, 15) is 13.6 Å². The molecule has 1 aromatic heterocycles. The normalized spacial score (nSPS) is 10.9. The van der Waals surface area contributed by atoms with Gasteiger partial charge < -0.3 is 4.90 Å². The molecule has 0 aliphatic rings. The van der Waals surface area contributed by atoms with E-state index in [-0.39, 0.29) is 23.7 Å². The van der Waals surface area contributed by atoms with Crippen LogP contribution >= 0.6 is 0 Å². The first kappa shape index (κ1) is 18.7. The first-order chi connectivity index (χ1) is 12.8. The number of halogens is 2. The molecule has 0 unspecified atom stereocenters. The second kappa shape index (κ2) is 7.26. The van der Waals surface area contributed by atoms with Crippen LogP contribution in [0.2, 0.25) is 0 Å². The Morgan fingerprint density at radius 1 is 1.07 bits per heavy atom. The van der Waals surface area contributed by atoms with Gasteiger partial charge in [0.05, 0.1) is 11.4 Å². The van der Waals surface area contributed by atoms with Crippen LogP contribution in [0.5, 0.6) is 0 Å². The van der Waals surface area contributed by atoms with Crippen LogP contribution in [-0.2, 0) is 6.54 Å². The quantitative estimate of drug-likeness (QED) is 0.703. The average molecular weight is 370 g/mol. The summed E-state index contributed by atoms with van der Waals surface area (Å²) in [6, 6.07) is 9.16. The molecule has 0 N–H and O–H groups in total. The van der Waals surface area contributed by atoms with Crippen LogP contribution in [0, 0.1) is 32.4 Å². The van der Waals surface area contributed by atoms with E-state index in [0.29, 0.717) is 5.69 Å². The predicted octanol–water partition coefficient (Wildman–Crippen LogP) is 3.74. The lowest BCUT2D eigenvalue weighted by atomic mass is 10.1. The van der Waals surface area contributed by atoms with E-state index >= 15 is 0 Å². The molecule has 7 heteroatoms. The standard InChI is InChI=1S/C20H20F2N4O/c1-12-5-8-18(13(2)9-12)26-23-14(3)19(24-26)20(27)25(4)11-15-6-7-16(21)10-17(15)22/h5-10H,11H2,1-4H3. The summed E-state index contributed by atoms with van der Waals surface area (Å²) in [7, 11) is 1.54. The fraction of sp³-hybridized carbons (Fsp3) is 0.250. The molecule has 1 amide bonds. The zero-order valence-corrected chi connectivity index (χ0v) is 15.6. The summed E-state index contributed by atoms with van der Waals surface area (Å²) in [5, 5.41) is 8.68. The highest BCUT2D eigenvalue weighted by Gasteiger charge is 2.21. The Morgan fingerprint density at radius 3 is 2.48 bits per heavy atom. The maximum atomic E-state index is 13.8. The molecule has 0 saturated heterocycles. The summed E-state index contributed by atoms with van der Waals surface area (Å²) in [6.07, 6.45) is 0. The van der Waals surface area contributed by atoms with E-state index in [0.717, 1.165) is 22.9 Å². The second-order valence-electron chi connectivity index (χ2n) is 6.61. The van der Waals surface area contributed by atoms with Gasteiger partial charge in [-0.05, 0) is 38.5 Å². The number of benzene rings is 2. The lowest BCUT2D eigenvalue weighted by Crippen LogP contribution is -2.27. The van der Waals surface area contributed by atoms with E-state index in [2.05, 4.69) is 10.2 Å². The number of aryl methyl sites for hydroxylation is 3. The number of hydrogen-bond acceptors (Lipinski definition) is 3. The molecule has 1 heterocycles. The predicted molar refractivity (Wildman–Crippen MR) is 97.7 cm³/mol. The zero-order valence-electron chi connectivity index (χ0n) is 15.6. The Kier molecular flexibility index (Phi) is 5.03. The van der Waals surface area contributed by atoms with E-state index < -0.39 is 11.6 Å². The summed E-state index contributed by atoms with van der Waals surface area (Å²) in [5.41, 5.74) is 3.80. The summed E-state index contributed by atoms with van der Waals surface area (Å²) in [6.45, 7) is 5.65. The molecular formula is C20H20F2N4O. The van der Waals surface area contributed by atoms with Crippen molar-refractivity contribution in [2.45, 2.75) is 27.3 Å². The van der Waals surface area contributed by atoms with Crippen molar-refractivity contribution in [3.63, 3.8) is 0 Å². The fourth-order valence-corrected chi connectivity index (χ4v) is 2.87. The fourth-order valence-electron chi connectivity index (χ4n) is 2.87. The Balaban J connectivity index is 1.85. The number of hydrogen-bond donors (Lipinski definition) is 0. The average Bonchev–Trinajstić information content (AvgIpc) is 2.98. The molecule has 0 fully saturated rings. The second-order valence-corrected chi connectivity index (χ2v) is 6.61. The van der Waals surface area contributed by atoms with Crippen molar-refractivity contribution in [1.82, 2.24) is 19.9 Å². The number of rotatable bonds is 4. The van der Waals surface area contributed by atoms with Crippen LogP contribution in [0.1, 0.15) is 32.9 Å². The van der Waals surface area contributed by atoms with Crippen molar-refractivity contribution in [2.24, 2.45) is 0 Å². The van der Waals surface area contributed by atoms with E-state index in [1.165, 1.54) is 21.8 Å². The minimum Gasteiger partial charge on any atom is -0.336 e. The Labute approximate surface area is 156 Å². The third-order valence-corrected chi connectivity index (χ3v) is 4.32. The highest BCUT2D eigenvalue weighted by molar-refractivity contribution is 5.93. The SMILES string of the molecule is Cc1ccc(-n2nc(C)c(C(=O)N(C)Cc3ccc(F)cc3F)n2)c(C)c1. The van der Waals surface area contributed by atoms with Gasteiger partial charge in [0, 0.05) is 25.2 Å². The van der Waals surface area contributed by atoms with Crippen LogP contribution in [0.4, 0.5) is 8.78 Å². The number of aromatic nitrogens is 3. The molecule has 5 nitrogen and oxygen atoms in total. The molecule has 0 aliphatic carbocycles. The summed E-state index contributed by atoms with van der Waals surface area (Å²) < 4.78 is 26.9. The van der Waals surface area contributed by atoms with Gasteiger partial charge in [0.15, 0.2) is 5.69 Å². The molecule has 0 radical (unpaired) electrons. The topological polar surface area (TPSA) is 51.0 Å². The molecule has 0 spiro atoms. The first-order valence-electron chi connectivity index (χ1n) is 8.47. The minimum atomic E-state index is -0.690. The van der Waals surface area contributed by atoms with Crippen LogP contribution in [0.25, 0.3) is 5.69 Å². The van der Waals surface area contributed by atoms with Gasteiger partial charge in [-0.3, -0.25) is 4.79 Å². The van der Waals surface area contributed by atoms with Gasteiger partial charge in [-0.25, -0.2) is 8.78 Å². The summed E-state index contributed by atoms with van der Waals surface area (Å²) in [5.74, 6) is -1.73. The van der Waals surface area contributed by atoms with Crippen molar-refractivity contribution >= 4 is 5.91 Å². The largest absolute Gasteiger partial charge is 0.336 e. The minimum absolute atomic E-state index is 0.000800. The Bertz CT molecular complexity index is 1010. The van der Waals surface area contributed by atoms with Crippen LogP contribution < -0.4 is 0 Å². The highest BCUT2D eigenvalue weighted by Crippen LogP contribution is 2.17.